The Morgan fingerprint density at radius 2 is 2.00 bits per heavy atom. The number of carbonyl (C=O) groups excluding carboxylic acids is 1. The fourth-order valence-corrected chi connectivity index (χ4v) is 4.95. The van der Waals surface area contributed by atoms with Crippen molar-refractivity contribution in [2.24, 2.45) is 5.92 Å². The quantitative estimate of drug-likeness (QED) is 0.326. The molecule has 184 valence electrons. The molecule has 2 aliphatic rings. The highest BCUT2D eigenvalue weighted by molar-refractivity contribution is 6.42. The van der Waals surface area contributed by atoms with E-state index in [0.29, 0.717) is 22.5 Å². The third-order valence-electron chi connectivity index (χ3n) is 6.61. The molecular formula is C28H31Cl2N3O2. The Kier molecular flexibility index (Phi) is 7.08. The monoisotopic (exact) mass is 511 g/mol. The Bertz CT molecular complexity index is 1210. The van der Waals surface area contributed by atoms with Gasteiger partial charge in [0, 0.05) is 43.4 Å². The smallest absolute Gasteiger partial charge is 0.227 e. The van der Waals surface area contributed by atoms with E-state index in [1.54, 1.807) is 12.1 Å². The second-order valence-corrected chi connectivity index (χ2v) is 10.8. The summed E-state index contributed by atoms with van der Waals surface area (Å²) in [6.07, 6.45) is 7.00. The molecular weight excluding hydrogens is 481 g/mol. The predicted molar refractivity (Wildman–Crippen MR) is 140 cm³/mol. The van der Waals surface area contributed by atoms with Crippen molar-refractivity contribution in [2.75, 3.05) is 6.54 Å². The Labute approximate surface area is 217 Å². The van der Waals surface area contributed by atoms with Gasteiger partial charge in [0.2, 0.25) is 5.91 Å². The fourth-order valence-electron chi connectivity index (χ4n) is 4.63. The number of aromatic nitrogens is 2. The highest BCUT2D eigenvalue weighted by Gasteiger charge is 2.28. The summed E-state index contributed by atoms with van der Waals surface area (Å²) in [4.78, 5) is 20.3. The zero-order valence-corrected chi connectivity index (χ0v) is 21.8. The number of carbonyl (C=O) groups is 1. The van der Waals surface area contributed by atoms with Crippen molar-refractivity contribution in [3.05, 3.63) is 69.6 Å². The Morgan fingerprint density at radius 1 is 1.17 bits per heavy atom. The standard InChI is InChI=1S/C28H31Cl2N3O2/c1-18(2)35-26-10-8-21(25-17-32-11-3-4-27(32)31-25)14-22(26)16-33(15-19-5-6-19)28(34)13-20-7-9-23(29)24(30)12-20/h7-10,12,14,17-19H,3-6,11,13,15-16H2,1-2H3. The molecule has 0 N–H and O–H groups in total. The largest absolute Gasteiger partial charge is 0.491 e. The number of halogens is 2. The summed E-state index contributed by atoms with van der Waals surface area (Å²) in [5.74, 6) is 2.62. The number of nitrogens with zero attached hydrogens (tertiary/aromatic N) is 3. The van der Waals surface area contributed by atoms with E-state index in [9.17, 15) is 4.79 Å². The van der Waals surface area contributed by atoms with Crippen LogP contribution in [-0.4, -0.2) is 33.0 Å². The number of imidazole rings is 1. The van der Waals surface area contributed by atoms with Gasteiger partial charge in [0.1, 0.15) is 11.6 Å². The number of benzene rings is 2. The van der Waals surface area contributed by atoms with Crippen molar-refractivity contribution >= 4 is 29.1 Å². The summed E-state index contributed by atoms with van der Waals surface area (Å²) in [5.41, 5.74) is 3.91. The zero-order chi connectivity index (χ0) is 24.5. The summed E-state index contributed by atoms with van der Waals surface area (Å²) in [5, 5.41) is 0.966. The number of amides is 1. The molecule has 3 aromatic rings. The predicted octanol–water partition coefficient (Wildman–Crippen LogP) is 6.57. The number of aryl methyl sites for hydroxylation is 2. The topological polar surface area (TPSA) is 47.4 Å². The van der Waals surface area contributed by atoms with E-state index in [2.05, 4.69) is 22.9 Å². The van der Waals surface area contributed by atoms with Crippen LogP contribution in [0.4, 0.5) is 0 Å². The van der Waals surface area contributed by atoms with Crippen LogP contribution in [0.1, 0.15) is 50.1 Å². The summed E-state index contributed by atoms with van der Waals surface area (Å²) in [6, 6.07) is 11.6. The molecule has 0 saturated heterocycles. The molecule has 1 fully saturated rings. The molecule has 0 radical (unpaired) electrons. The summed E-state index contributed by atoms with van der Waals surface area (Å²) in [7, 11) is 0. The van der Waals surface area contributed by atoms with E-state index in [-0.39, 0.29) is 18.4 Å². The lowest BCUT2D eigenvalue weighted by molar-refractivity contribution is -0.131. The number of hydrogen-bond acceptors (Lipinski definition) is 3. The lowest BCUT2D eigenvalue weighted by atomic mass is 10.1. The van der Waals surface area contributed by atoms with Crippen LogP contribution < -0.4 is 4.74 Å². The van der Waals surface area contributed by atoms with Gasteiger partial charge >= 0.3 is 0 Å². The first-order chi connectivity index (χ1) is 16.9. The molecule has 5 rings (SSSR count). The van der Waals surface area contributed by atoms with Gasteiger partial charge in [-0.2, -0.15) is 0 Å². The summed E-state index contributed by atoms with van der Waals surface area (Å²) >= 11 is 12.3. The van der Waals surface area contributed by atoms with Crippen molar-refractivity contribution in [3.8, 4) is 17.0 Å². The van der Waals surface area contributed by atoms with Crippen LogP contribution in [0.2, 0.25) is 10.0 Å². The van der Waals surface area contributed by atoms with Crippen LogP contribution in [0, 0.1) is 5.92 Å². The number of ether oxygens (including phenoxy) is 1. The normalized spacial score (nSPS) is 14.9. The minimum Gasteiger partial charge on any atom is -0.491 e. The van der Waals surface area contributed by atoms with Crippen molar-refractivity contribution < 1.29 is 9.53 Å². The second kappa shape index (κ2) is 10.2. The molecule has 1 aromatic heterocycles. The van der Waals surface area contributed by atoms with Gasteiger partial charge in [-0.3, -0.25) is 4.79 Å². The molecule has 1 aliphatic heterocycles. The van der Waals surface area contributed by atoms with Crippen LogP contribution in [0.3, 0.4) is 0 Å². The van der Waals surface area contributed by atoms with Gasteiger partial charge in [0.05, 0.1) is 28.3 Å². The van der Waals surface area contributed by atoms with Crippen LogP contribution >= 0.6 is 23.2 Å². The molecule has 1 saturated carbocycles. The van der Waals surface area contributed by atoms with Crippen molar-refractivity contribution in [2.45, 2.75) is 65.1 Å². The highest BCUT2D eigenvalue weighted by atomic mass is 35.5. The van der Waals surface area contributed by atoms with Crippen LogP contribution in [0.25, 0.3) is 11.3 Å². The average Bonchev–Trinajstić information content (AvgIpc) is 3.37. The van der Waals surface area contributed by atoms with Gasteiger partial charge in [-0.05, 0) is 74.9 Å². The maximum absolute atomic E-state index is 13.5. The molecule has 1 aliphatic carbocycles. The molecule has 2 aromatic carbocycles. The van der Waals surface area contributed by atoms with E-state index in [1.165, 1.54) is 12.8 Å². The zero-order valence-electron chi connectivity index (χ0n) is 20.3. The van der Waals surface area contributed by atoms with Gasteiger partial charge in [-0.1, -0.05) is 29.3 Å². The van der Waals surface area contributed by atoms with Gasteiger partial charge in [0.25, 0.3) is 0 Å². The number of rotatable bonds is 9. The van der Waals surface area contributed by atoms with Gasteiger partial charge in [0.15, 0.2) is 0 Å². The third-order valence-corrected chi connectivity index (χ3v) is 7.35. The maximum atomic E-state index is 13.5. The van der Waals surface area contributed by atoms with E-state index < -0.39 is 0 Å². The van der Waals surface area contributed by atoms with Crippen molar-refractivity contribution in [1.82, 2.24) is 14.5 Å². The van der Waals surface area contributed by atoms with Gasteiger partial charge in [-0.15, -0.1) is 0 Å². The van der Waals surface area contributed by atoms with Gasteiger partial charge < -0.3 is 14.2 Å². The lowest BCUT2D eigenvalue weighted by Gasteiger charge is -2.25. The van der Waals surface area contributed by atoms with Crippen molar-refractivity contribution in [1.29, 1.82) is 0 Å². The van der Waals surface area contributed by atoms with Crippen molar-refractivity contribution in [3.63, 3.8) is 0 Å². The second-order valence-electron chi connectivity index (χ2n) is 9.97. The Hall–Kier alpha value is -2.50. The molecule has 5 nitrogen and oxygen atoms in total. The number of fused-ring (bicyclic) bond motifs is 1. The van der Waals surface area contributed by atoms with Gasteiger partial charge in [-0.25, -0.2) is 4.98 Å². The molecule has 0 bridgehead atoms. The average molecular weight is 512 g/mol. The maximum Gasteiger partial charge on any atom is 0.227 e. The minimum absolute atomic E-state index is 0.0415. The van der Waals surface area contributed by atoms with E-state index in [1.807, 2.05) is 30.9 Å². The van der Waals surface area contributed by atoms with Crippen LogP contribution in [-0.2, 0) is 30.7 Å². The fraction of sp³-hybridized carbons (Fsp3) is 0.429. The van der Waals surface area contributed by atoms with Crippen LogP contribution in [0.5, 0.6) is 5.75 Å². The first kappa shape index (κ1) is 24.2. The van der Waals surface area contributed by atoms with Crippen LogP contribution in [0.15, 0.2) is 42.6 Å². The Morgan fingerprint density at radius 3 is 2.71 bits per heavy atom. The highest BCUT2D eigenvalue weighted by Crippen LogP contribution is 2.33. The summed E-state index contributed by atoms with van der Waals surface area (Å²) in [6.45, 7) is 6.33. The molecule has 35 heavy (non-hydrogen) atoms. The Balaban J connectivity index is 1.42. The minimum atomic E-state index is 0.0415. The summed E-state index contributed by atoms with van der Waals surface area (Å²) < 4.78 is 8.39. The molecule has 7 heteroatoms. The molecule has 0 unspecified atom stereocenters. The first-order valence-corrected chi connectivity index (χ1v) is 13.2. The molecule has 1 amide bonds. The molecule has 0 spiro atoms. The SMILES string of the molecule is CC(C)Oc1ccc(-c2cn3c(n2)CCC3)cc1CN(CC1CC1)C(=O)Cc1ccc(Cl)c(Cl)c1. The number of hydrogen-bond donors (Lipinski definition) is 0. The van der Waals surface area contributed by atoms with E-state index >= 15 is 0 Å². The molecule has 2 heterocycles. The molecule has 0 atom stereocenters. The lowest BCUT2D eigenvalue weighted by Crippen LogP contribution is -2.34. The van der Waals surface area contributed by atoms with E-state index in [0.717, 1.165) is 59.9 Å². The third kappa shape index (κ3) is 5.84. The van der Waals surface area contributed by atoms with E-state index in [4.69, 9.17) is 32.9 Å². The first-order valence-electron chi connectivity index (χ1n) is 12.4.